The lowest BCUT2D eigenvalue weighted by molar-refractivity contribution is -0.163. The highest BCUT2D eigenvalue weighted by Gasteiger charge is 2.51. The fourth-order valence-corrected chi connectivity index (χ4v) is 3.19. The van der Waals surface area contributed by atoms with Crippen LogP contribution < -0.4 is 5.32 Å². The van der Waals surface area contributed by atoms with Gasteiger partial charge in [0.25, 0.3) is 0 Å². The Morgan fingerprint density at radius 3 is 2.35 bits per heavy atom. The van der Waals surface area contributed by atoms with Crippen LogP contribution in [0.2, 0.25) is 0 Å². The molecule has 1 heterocycles. The predicted octanol–water partition coefficient (Wildman–Crippen LogP) is 1.71. The lowest BCUT2D eigenvalue weighted by atomic mass is 9.84. The molecule has 0 radical (unpaired) electrons. The number of piperazine rings is 1. The van der Waals surface area contributed by atoms with E-state index in [1.165, 1.54) is 0 Å². The molecule has 1 aliphatic rings. The summed E-state index contributed by atoms with van der Waals surface area (Å²) in [6.07, 6.45) is 2.79. The highest BCUT2D eigenvalue weighted by Crippen LogP contribution is 2.31. The van der Waals surface area contributed by atoms with Gasteiger partial charge in [-0.2, -0.15) is 0 Å². The lowest BCUT2D eigenvalue weighted by Crippen LogP contribution is -2.72. The van der Waals surface area contributed by atoms with E-state index in [9.17, 15) is 9.59 Å². The van der Waals surface area contributed by atoms with Crippen molar-refractivity contribution in [3.8, 4) is 0 Å². The molecule has 0 saturated carbocycles. The molecule has 116 valence electrons. The van der Waals surface area contributed by atoms with Gasteiger partial charge in [-0.05, 0) is 26.2 Å². The summed E-state index contributed by atoms with van der Waals surface area (Å²) in [6, 6.07) is -0.490. The molecule has 0 aromatic heterocycles. The largest absolute Gasteiger partial charge is 0.383 e. The first-order valence-corrected chi connectivity index (χ1v) is 7.61. The molecular weight excluding hydrogens is 256 g/mol. The number of rotatable bonds is 7. The third kappa shape index (κ3) is 2.82. The zero-order chi connectivity index (χ0) is 15.3. The van der Waals surface area contributed by atoms with Crippen molar-refractivity contribution in [2.24, 2.45) is 0 Å². The van der Waals surface area contributed by atoms with Gasteiger partial charge in [0.15, 0.2) is 0 Å². The fourth-order valence-electron chi connectivity index (χ4n) is 3.19. The monoisotopic (exact) mass is 284 g/mol. The summed E-state index contributed by atoms with van der Waals surface area (Å²) in [5, 5.41) is 2.92. The molecule has 2 atom stereocenters. The maximum atomic E-state index is 12.8. The molecule has 2 amide bonds. The molecule has 0 aromatic rings. The van der Waals surface area contributed by atoms with Gasteiger partial charge in [-0.1, -0.05) is 27.2 Å². The van der Waals surface area contributed by atoms with Crippen LogP contribution in [0.25, 0.3) is 0 Å². The van der Waals surface area contributed by atoms with Crippen molar-refractivity contribution in [2.45, 2.75) is 71.0 Å². The van der Waals surface area contributed by atoms with Crippen molar-refractivity contribution in [3.05, 3.63) is 0 Å². The quantitative estimate of drug-likeness (QED) is 0.774. The molecular formula is C15H28N2O3. The molecule has 0 spiro atoms. The fraction of sp³-hybridized carbons (Fsp3) is 0.867. The summed E-state index contributed by atoms with van der Waals surface area (Å²) in [5.41, 5.74) is -0.737. The summed E-state index contributed by atoms with van der Waals surface area (Å²) >= 11 is 0. The van der Waals surface area contributed by atoms with Crippen LogP contribution in [-0.4, -0.2) is 48.1 Å². The first-order chi connectivity index (χ1) is 9.48. The second-order valence-electron chi connectivity index (χ2n) is 5.57. The average Bonchev–Trinajstić information content (AvgIpc) is 2.42. The Morgan fingerprint density at radius 2 is 1.90 bits per heavy atom. The Bertz CT molecular complexity index is 353. The minimum absolute atomic E-state index is 0.0245. The number of ether oxygens (including phenoxy) is 1. The maximum Gasteiger partial charge on any atom is 0.246 e. The second-order valence-corrected chi connectivity index (χ2v) is 5.57. The third-order valence-corrected chi connectivity index (χ3v) is 4.32. The molecule has 5 nitrogen and oxygen atoms in total. The molecule has 5 heteroatoms. The number of hydrogen-bond donors (Lipinski definition) is 1. The molecule has 20 heavy (non-hydrogen) atoms. The van der Waals surface area contributed by atoms with E-state index in [0.717, 1.165) is 6.42 Å². The van der Waals surface area contributed by atoms with Crippen LogP contribution in [-0.2, 0) is 14.3 Å². The lowest BCUT2D eigenvalue weighted by Gasteiger charge is -2.50. The zero-order valence-electron chi connectivity index (χ0n) is 13.4. The minimum atomic E-state index is -0.737. The Hall–Kier alpha value is -1.10. The summed E-state index contributed by atoms with van der Waals surface area (Å²) in [6.45, 7) is 8.33. The molecule has 1 saturated heterocycles. The summed E-state index contributed by atoms with van der Waals surface area (Å²) in [5.74, 6) is 0.00297. The van der Waals surface area contributed by atoms with Crippen molar-refractivity contribution in [1.29, 1.82) is 0 Å². The number of nitrogens with one attached hydrogen (secondary N) is 1. The molecule has 0 aromatic carbocycles. The van der Waals surface area contributed by atoms with E-state index in [2.05, 4.69) is 5.32 Å². The van der Waals surface area contributed by atoms with Gasteiger partial charge in [-0.3, -0.25) is 9.59 Å². The normalized spacial score (nSPS) is 23.6. The van der Waals surface area contributed by atoms with Crippen LogP contribution in [0.3, 0.4) is 0 Å². The van der Waals surface area contributed by atoms with Crippen LogP contribution in [0.1, 0.15) is 53.4 Å². The number of hydrogen-bond acceptors (Lipinski definition) is 3. The van der Waals surface area contributed by atoms with Crippen molar-refractivity contribution >= 4 is 11.8 Å². The van der Waals surface area contributed by atoms with Gasteiger partial charge in [-0.15, -0.1) is 0 Å². The Balaban J connectivity index is 3.16. The van der Waals surface area contributed by atoms with Crippen molar-refractivity contribution in [1.82, 2.24) is 10.2 Å². The second kappa shape index (κ2) is 7.07. The van der Waals surface area contributed by atoms with Crippen LogP contribution in [0.4, 0.5) is 0 Å². The van der Waals surface area contributed by atoms with Gasteiger partial charge in [0.05, 0.1) is 12.6 Å². The Morgan fingerprint density at radius 1 is 1.30 bits per heavy atom. The van der Waals surface area contributed by atoms with E-state index in [-0.39, 0.29) is 17.9 Å². The molecule has 1 N–H and O–H groups in total. The number of carbonyl (C=O) groups is 2. The van der Waals surface area contributed by atoms with Gasteiger partial charge in [0.2, 0.25) is 11.8 Å². The Labute approximate surface area is 122 Å². The van der Waals surface area contributed by atoms with Gasteiger partial charge in [-0.25, -0.2) is 0 Å². The van der Waals surface area contributed by atoms with Gasteiger partial charge >= 0.3 is 0 Å². The summed E-state index contributed by atoms with van der Waals surface area (Å²) in [4.78, 5) is 27.1. The highest BCUT2D eigenvalue weighted by molar-refractivity contribution is 6.00. The summed E-state index contributed by atoms with van der Waals surface area (Å²) in [7, 11) is 1.62. The smallest absolute Gasteiger partial charge is 0.246 e. The topological polar surface area (TPSA) is 58.6 Å². The molecule has 0 aliphatic carbocycles. The molecule has 1 fully saturated rings. The van der Waals surface area contributed by atoms with E-state index in [1.54, 1.807) is 12.0 Å². The van der Waals surface area contributed by atoms with Crippen molar-refractivity contribution in [2.75, 3.05) is 13.7 Å². The summed E-state index contributed by atoms with van der Waals surface area (Å²) < 4.78 is 5.19. The predicted molar refractivity (Wildman–Crippen MR) is 78.3 cm³/mol. The number of nitrogens with zero attached hydrogens (tertiary/aromatic N) is 1. The van der Waals surface area contributed by atoms with E-state index in [1.807, 2.05) is 27.7 Å². The zero-order valence-corrected chi connectivity index (χ0v) is 13.4. The van der Waals surface area contributed by atoms with Gasteiger partial charge in [0, 0.05) is 7.11 Å². The number of carbonyl (C=O) groups excluding carboxylic acids is 2. The standard InChI is InChI=1S/C15H28N2O3/c1-6-9-12-13(18)17(11(4)10-20-5)15(7-2,8-3)14(19)16-12/h11-12H,6-10H2,1-5H3,(H,16,19). The van der Waals surface area contributed by atoms with E-state index in [0.29, 0.717) is 25.9 Å². The van der Waals surface area contributed by atoms with E-state index >= 15 is 0 Å². The van der Waals surface area contributed by atoms with Crippen molar-refractivity contribution < 1.29 is 14.3 Å². The highest BCUT2D eigenvalue weighted by atomic mass is 16.5. The molecule has 1 aliphatic heterocycles. The maximum absolute atomic E-state index is 12.8. The van der Waals surface area contributed by atoms with E-state index in [4.69, 9.17) is 4.74 Å². The molecule has 0 bridgehead atoms. The third-order valence-electron chi connectivity index (χ3n) is 4.32. The first kappa shape index (κ1) is 17.0. The minimum Gasteiger partial charge on any atom is -0.383 e. The van der Waals surface area contributed by atoms with Crippen molar-refractivity contribution in [3.63, 3.8) is 0 Å². The average molecular weight is 284 g/mol. The number of amides is 2. The SMILES string of the molecule is CCCC1NC(=O)C(CC)(CC)N(C(C)COC)C1=O. The van der Waals surface area contributed by atoms with Crippen LogP contribution in [0.15, 0.2) is 0 Å². The van der Waals surface area contributed by atoms with E-state index < -0.39 is 11.6 Å². The van der Waals surface area contributed by atoms with Gasteiger partial charge in [0.1, 0.15) is 11.6 Å². The molecule has 1 rings (SSSR count). The van der Waals surface area contributed by atoms with Crippen LogP contribution in [0, 0.1) is 0 Å². The first-order valence-electron chi connectivity index (χ1n) is 7.61. The van der Waals surface area contributed by atoms with Gasteiger partial charge < -0.3 is 15.0 Å². The van der Waals surface area contributed by atoms with Crippen LogP contribution in [0.5, 0.6) is 0 Å². The molecule has 2 unspecified atom stereocenters. The Kier molecular flexibility index (Phi) is 5.99. The number of methoxy groups -OCH3 is 1. The van der Waals surface area contributed by atoms with Crippen LogP contribution >= 0.6 is 0 Å².